The number of carboxylic acids is 1. The van der Waals surface area contributed by atoms with Crippen molar-refractivity contribution in [3.63, 3.8) is 0 Å². The molecule has 0 fully saturated rings. The van der Waals surface area contributed by atoms with Crippen LogP contribution in [0.25, 0.3) is 0 Å². The van der Waals surface area contributed by atoms with Crippen LogP contribution in [0.3, 0.4) is 0 Å². The molecule has 0 bridgehead atoms. The van der Waals surface area contributed by atoms with E-state index in [1.807, 2.05) is 6.07 Å². The van der Waals surface area contributed by atoms with Crippen molar-refractivity contribution in [2.24, 2.45) is 5.92 Å². The number of alkyl carbamates (subject to hydrolysis) is 1. The molecule has 1 rings (SSSR count). The molecular formula is C17H23N2O6-. The topological polar surface area (TPSA) is 128 Å². The third kappa shape index (κ3) is 7.67. The monoisotopic (exact) mass is 351 g/mol. The van der Waals surface area contributed by atoms with Gasteiger partial charge in [-0.05, 0) is 17.9 Å². The fourth-order valence-electron chi connectivity index (χ4n) is 2.06. The molecule has 0 heterocycles. The third-order valence-corrected chi connectivity index (χ3v) is 3.31. The van der Waals surface area contributed by atoms with Gasteiger partial charge in [-0.15, -0.1) is 0 Å². The highest BCUT2D eigenvalue weighted by molar-refractivity contribution is 5.88. The molecule has 0 saturated heterocycles. The van der Waals surface area contributed by atoms with Gasteiger partial charge < -0.3 is 30.4 Å². The van der Waals surface area contributed by atoms with Gasteiger partial charge in [-0.2, -0.15) is 0 Å². The molecule has 8 nitrogen and oxygen atoms in total. The summed E-state index contributed by atoms with van der Waals surface area (Å²) in [5.74, 6) is -2.24. The largest absolute Gasteiger partial charge is 0.548 e. The van der Waals surface area contributed by atoms with Gasteiger partial charge >= 0.3 is 6.09 Å². The molecule has 0 unspecified atom stereocenters. The maximum Gasteiger partial charge on any atom is 0.408 e. The van der Waals surface area contributed by atoms with Crippen LogP contribution in [-0.2, 0) is 20.9 Å². The summed E-state index contributed by atoms with van der Waals surface area (Å²) in [7, 11) is 0. The molecule has 1 aromatic carbocycles. The molecule has 0 aliphatic carbocycles. The molecule has 0 spiro atoms. The Labute approximate surface area is 146 Å². The van der Waals surface area contributed by atoms with E-state index in [-0.39, 0.29) is 18.9 Å². The Morgan fingerprint density at radius 1 is 1.12 bits per heavy atom. The van der Waals surface area contributed by atoms with Crippen molar-refractivity contribution in [2.75, 3.05) is 6.61 Å². The summed E-state index contributed by atoms with van der Waals surface area (Å²) in [5, 5.41) is 24.8. The van der Waals surface area contributed by atoms with Gasteiger partial charge in [-0.25, -0.2) is 4.79 Å². The zero-order valence-electron chi connectivity index (χ0n) is 14.2. The Kier molecular flexibility index (Phi) is 8.42. The number of rotatable bonds is 9. The normalized spacial score (nSPS) is 13.0. The molecule has 138 valence electrons. The van der Waals surface area contributed by atoms with Crippen LogP contribution < -0.4 is 15.7 Å². The van der Waals surface area contributed by atoms with E-state index in [0.29, 0.717) is 0 Å². The van der Waals surface area contributed by atoms with Crippen LogP contribution in [-0.4, -0.2) is 41.8 Å². The fourth-order valence-corrected chi connectivity index (χ4v) is 2.06. The van der Waals surface area contributed by atoms with Crippen LogP contribution >= 0.6 is 0 Å². The Morgan fingerprint density at radius 3 is 2.28 bits per heavy atom. The number of carboxylic acid groups (broad SMARTS) is 1. The number of carbonyl (C=O) groups excluding carboxylic acids is 3. The first kappa shape index (κ1) is 20.4. The number of nitrogens with one attached hydrogen (secondary N) is 2. The number of hydrogen-bond acceptors (Lipinski definition) is 6. The summed E-state index contributed by atoms with van der Waals surface area (Å²) in [4.78, 5) is 34.8. The average Bonchev–Trinajstić information content (AvgIpc) is 2.57. The lowest BCUT2D eigenvalue weighted by Crippen LogP contribution is -2.55. The van der Waals surface area contributed by atoms with Gasteiger partial charge in [0.25, 0.3) is 0 Å². The van der Waals surface area contributed by atoms with E-state index in [1.54, 1.807) is 38.1 Å². The molecular weight excluding hydrogens is 328 g/mol. The number of carbonyl (C=O) groups is 3. The zero-order chi connectivity index (χ0) is 18.8. The highest BCUT2D eigenvalue weighted by Crippen LogP contribution is 2.05. The van der Waals surface area contributed by atoms with Gasteiger partial charge in [0.1, 0.15) is 12.6 Å². The van der Waals surface area contributed by atoms with Crippen molar-refractivity contribution in [3.8, 4) is 0 Å². The lowest BCUT2D eigenvalue weighted by atomic mass is 10.0. The smallest absolute Gasteiger partial charge is 0.408 e. The Bertz CT molecular complexity index is 576. The van der Waals surface area contributed by atoms with Crippen molar-refractivity contribution in [3.05, 3.63) is 35.9 Å². The van der Waals surface area contributed by atoms with Gasteiger partial charge in [0, 0.05) is 0 Å². The van der Waals surface area contributed by atoms with Gasteiger partial charge in [0.05, 0.1) is 18.6 Å². The minimum atomic E-state index is -1.43. The lowest BCUT2D eigenvalue weighted by molar-refractivity contribution is -0.308. The summed E-state index contributed by atoms with van der Waals surface area (Å²) in [6.07, 6.45) is -0.725. The SMILES string of the molecule is CC(C)C[C@H](NC(=O)[C@H](CO)NC(=O)OCc1ccccc1)C(=O)[O-]. The van der Waals surface area contributed by atoms with Crippen molar-refractivity contribution >= 4 is 18.0 Å². The second-order valence-corrected chi connectivity index (χ2v) is 5.95. The van der Waals surface area contributed by atoms with Crippen LogP contribution in [0.1, 0.15) is 25.8 Å². The maximum absolute atomic E-state index is 12.0. The minimum Gasteiger partial charge on any atom is -0.548 e. The Morgan fingerprint density at radius 2 is 1.76 bits per heavy atom. The highest BCUT2D eigenvalue weighted by Gasteiger charge is 2.24. The summed E-state index contributed by atoms with van der Waals surface area (Å²) in [5.41, 5.74) is 0.761. The first-order valence-corrected chi connectivity index (χ1v) is 7.92. The average molecular weight is 351 g/mol. The summed E-state index contributed by atoms with van der Waals surface area (Å²) >= 11 is 0. The van der Waals surface area contributed by atoms with E-state index < -0.39 is 36.7 Å². The number of aliphatic carboxylic acids is 1. The van der Waals surface area contributed by atoms with Gasteiger partial charge in [-0.3, -0.25) is 4.79 Å². The predicted molar refractivity (Wildman–Crippen MR) is 87.0 cm³/mol. The number of ether oxygens (including phenoxy) is 1. The summed E-state index contributed by atoms with van der Waals surface area (Å²) in [6.45, 7) is 2.89. The van der Waals surface area contributed by atoms with Gasteiger partial charge in [0.15, 0.2) is 0 Å². The lowest BCUT2D eigenvalue weighted by Gasteiger charge is -2.24. The molecule has 2 atom stereocenters. The molecule has 0 aliphatic heterocycles. The zero-order valence-corrected chi connectivity index (χ0v) is 14.2. The quantitative estimate of drug-likeness (QED) is 0.553. The molecule has 25 heavy (non-hydrogen) atoms. The van der Waals surface area contributed by atoms with Crippen LogP contribution in [0.15, 0.2) is 30.3 Å². The standard InChI is InChI=1S/C17H24N2O6/c1-11(2)8-13(16(22)23)18-15(21)14(9-20)19-17(24)25-10-12-6-4-3-5-7-12/h3-7,11,13-14,20H,8-10H2,1-2H3,(H,18,21)(H,19,24)(H,22,23)/p-1/t13-,14-/m0/s1. The minimum absolute atomic E-state index is 0.00145. The number of amides is 2. The Hall–Kier alpha value is -2.61. The van der Waals surface area contributed by atoms with Crippen molar-refractivity contribution in [2.45, 2.75) is 39.0 Å². The molecule has 3 N–H and O–H groups in total. The fraction of sp³-hybridized carbons (Fsp3) is 0.471. The maximum atomic E-state index is 12.0. The van der Waals surface area contributed by atoms with Crippen molar-refractivity contribution < 1.29 is 29.3 Å². The van der Waals surface area contributed by atoms with E-state index in [1.165, 1.54) is 0 Å². The van der Waals surface area contributed by atoms with E-state index in [0.717, 1.165) is 5.56 Å². The van der Waals surface area contributed by atoms with Crippen molar-refractivity contribution in [1.82, 2.24) is 10.6 Å². The first-order chi connectivity index (χ1) is 11.8. The third-order valence-electron chi connectivity index (χ3n) is 3.31. The molecule has 8 heteroatoms. The summed E-state index contributed by atoms with van der Waals surface area (Å²) < 4.78 is 4.96. The van der Waals surface area contributed by atoms with Crippen LogP contribution in [0.5, 0.6) is 0 Å². The molecule has 0 saturated carbocycles. The molecule has 2 amide bonds. The van der Waals surface area contributed by atoms with E-state index in [9.17, 15) is 24.6 Å². The predicted octanol–water partition coefficient (Wildman–Crippen LogP) is -0.445. The molecule has 0 radical (unpaired) electrons. The summed E-state index contributed by atoms with van der Waals surface area (Å²) in [6, 6.07) is 6.39. The van der Waals surface area contributed by atoms with E-state index in [4.69, 9.17) is 4.74 Å². The number of aliphatic hydroxyl groups is 1. The highest BCUT2D eigenvalue weighted by atomic mass is 16.5. The number of hydrogen-bond donors (Lipinski definition) is 3. The molecule has 0 aromatic heterocycles. The van der Waals surface area contributed by atoms with Gasteiger partial charge in [0.2, 0.25) is 5.91 Å². The second-order valence-electron chi connectivity index (χ2n) is 5.95. The van der Waals surface area contributed by atoms with E-state index in [2.05, 4.69) is 10.6 Å². The molecule has 1 aromatic rings. The van der Waals surface area contributed by atoms with Crippen LogP contribution in [0.4, 0.5) is 4.79 Å². The number of aliphatic hydroxyl groups excluding tert-OH is 1. The van der Waals surface area contributed by atoms with Crippen molar-refractivity contribution in [1.29, 1.82) is 0 Å². The van der Waals surface area contributed by atoms with Crippen LogP contribution in [0, 0.1) is 5.92 Å². The second kappa shape index (κ2) is 10.3. The molecule has 0 aliphatic rings. The number of benzene rings is 1. The van der Waals surface area contributed by atoms with E-state index >= 15 is 0 Å². The Balaban J connectivity index is 2.54. The van der Waals surface area contributed by atoms with Crippen LogP contribution in [0.2, 0.25) is 0 Å². The van der Waals surface area contributed by atoms with Gasteiger partial charge in [-0.1, -0.05) is 44.2 Å². The first-order valence-electron chi connectivity index (χ1n) is 7.92.